The van der Waals surface area contributed by atoms with Crippen molar-refractivity contribution in [1.29, 1.82) is 0 Å². The van der Waals surface area contributed by atoms with Crippen LogP contribution in [0.4, 0.5) is 0 Å². The van der Waals surface area contributed by atoms with Gasteiger partial charge in [0, 0.05) is 17.0 Å². The highest BCUT2D eigenvalue weighted by molar-refractivity contribution is 6.31. The highest BCUT2D eigenvalue weighted by Crippen LogP contribution is 2.44. The molecule has 4 rings (SSSR count). The van der Waals surface area contributed by atoms with Gasteiger partial charge in [-0.3, -0.25) is 0 Å². The molecule has 0 aromatic heterocycles. The van der Waals surface area contributed by atoms with Crippen molar-refractivity contribution in [1.82, 2.24) is 5.32 Å². The fourth-order valence-corrected chi connectivity index (χ4v) is 4.67. The van der Waals surface area contributed by atoms with Crippen molar-refractivity contribution in [3.63, 3.8) is 0 Å². The fraction of sp³-hybridized carbons (Fsp3) is 0.478. The molecule has 2 saturated carbocycles. The highest BCUT2D eigenvalue weighted by atomic mass is 35.5. The van der Waals surface area contributed by atoms with Crippen LogP contribution < -0.4 is 5.32 Å². The summed E-state index contributed by atoms with van der Waals surface area (Å²) in [5.74, 6) is 1.57. The Hall–Kier alpha value is -1.31. The Bertz CT molecular complexity index is 690. The first-order valence-electron chi connectivity index (χ1n) is 9.89. The van der Waals surface area contributed by atoms with Gasteiger partial charge in [-0.15, -0.1) is 0 Å². The Morgan fingerprint density at radius 1 is 0.920 bits per heavy atom. The van der Waals surface area contributed by atoms with Crippen LogP contribution in [0.15, 0.2) is 48.5 Å². The Morgan fingerprint density at radius 3 is 2.48 bits per heavy atom. The van der Waals surface area contributed by atoms with Gasteiger partial charge in [-0.2, -0.15) is 0 Å². The maximum Gasteiger partial charge on any atom is 0.0447 e. The van der Waals surface area contributed by atoms with Crippen LogP contribution in [-0.2, 0) is 0 Å². The van der Waals surface area contributed by atoms with Crippen LogP contribution in [0.2, 0.25) is 5.02 Å². The molecule has 0 saturated heterocycles. The highest BCUT2D eigenvalue weighted by Gasteiger charge is 2.39. The molecule has 2 heteroatoms. The first kappa shape index (κ1) is 17.1. The van der Waals surface area contributed by atoms with E-state index in [2.05, 4.69) is 47.8 Å². The largest absolute Gasteiger partial charge is 0.313 e. The van der Waals surface area contributed by atoms with E-state index in [0.29, 0.717) is 12.0 Å². The third kappa shape index (κ3) is 4.27. The van der Waals surface area contributed by atoms with Crippen LogP contribution in [0.5, 0.6) is 0 Å². The topological polar surface area (TPSA) is 12.0 Å². The van der Waals surface area contributed by atoms with E-state index in [1.165, 1.54) is 68.2 Å². The quantitative estimate of drug-likeness (QED) is 0.631. The summed E-state index contributed by atoms with van der Waals surface area (Å²) in [5, 5.41) is 4.69. The van der Waals surface area contributed by atoms with Crippen molar-refractivity contribution in [2.24, 2.45) is 5.92 Å². The number of rotatable bonds is 6. The van der Waals surface area contributed by atoms with Crippen LogP contribution in [0, 0.1) is 5.92 Å². The third-order valence-electron chi connectivity index (χ3n) is 5.98. The van der Waals surface area contributed by atoms with E-state index >= 15 is 0 Å². The average molecular weight is 354 g/mol. The van der Waals surface area contributed by atoms with Gasteiger partial charge in [-0.05, 0) is 48.1 Å². The van der Waals surface area contributed by atoms with Gasteiger partial charge >= 0.3 is 0 Å². The maximum atomic E-state index is 6.61. The van der Waals surface area contributed by atoms with E-state index in [1.807, 2.05) is 6.07 Å². The summed E-state index contributed by atoms with van der Waals surface area (Å²) in [4.78, 5) is 0. The van der Waals surface area contributed by atoms with E-state index in [0.717, 1.165) is 10.9 Å². The molecule has 0 bridgehead atoms. The molecule has 0 spiro atoms. The van der Waals surface area contributed by atoms with Crippen LogP contribution in [-0.4, -0.2) is 12.6 Å². The average Bonchev–Trinajstić information content (AvgIpc) is 3.42. The standard InChI is InChI=1S/C23H28ClN/c24-22-15-19(18-9-5-2-6-10-18)11-12-20(22)21-16-23(21)25-14-13-17-7-3-1-4-8-17/h2,5-6,9-12,15,17,21,23,25H,1,3-4,7-8,13-14,16H2/t21-,23+/m0/s1. The van der Waals surface area contributed by atoms with Gasteiger partial charge in [-0.1, -0.05) is 86.2 Å². The Morgan fingerprint density at radius 2 is 1.72 bits per heavy atom. The summed E-state index contributed by atoms with van der Waals surface area (Å²) in [5.41, 5.74) is 3.75. The van der Waals surface area contributed by atoms with E-state index in [-0.39, 0.29) is 0 Å². The molecular weight excluding hydrogens is 326 g/mol. The van der Waals surface area contributed by atoms with Crippen LogP contribution in [0.1, 0.15) is 56.4 Å². The van der Waals surface area contributed by atoms with Crippen molar-refractivity contribution < 1.29 is 0 Å². The lowest BCUT2D eigenvalue weighted by Crippen LogP contribution is -2.22. The van der Waals surface area contributed by atoms with Gasteiger partial charge in [0.05, 0.1) is 0 Å². The minimum absolute atomic E-state index is 0.601. The van der Waals surface area contributed by atoms with Crippen molar-refractivity contribution in [3.8, 4) is 11.1 Å². The summed E-state index contributed by atoms with van der Waals surface area (Å²) >= 11 is 6.61. The molecular formula is C23H28ClN. The van der Waals surface area contributed by atoms with E-state index in [9.17, 15) is 0 Å². The Kier molecular flexibility index (Phi) is 5.43. The molecule has 0 radical (unpaired) electrons. The van der Waals surface area contributed by atoms with E-state index in [4.69, 9.17) is 11.6 Å². The molecule has 2 aromatic carbocycles. The predicted molar refractivity (Wildman–Crippen MR) is 107 cm³/mol. The van der Waals surface area contributed by atoms with Crippen molar-refractivity contribution >= 4 is 11.6 Å². The lowest BCUT2D eigenvalue weighted by Gasteiger charge is -2.21. The summed E-state index contributed by atoms with van der Waals surface area (Å²) in [7, 11) is 0. The number of hydrogen-bond acceptors (Lipinski definition) is 1. The lowest BCUT2D eigenvalue weighted by molar-refractivity contribution is 0.333. The lowest BCUT2D eigenvalue weighted by atomic mass is 9.87. The Balaban J connectivity index is 1.31. The number of hydrogen-bond donors (Lipinski definition) is 1. The molecule has 2 aromatic rings. The summed E-state index contributed by atoms with van der Waals surface area (Å²) in [6.07, 6.45) is 9.82. The molecule has 0 amide bonds. The number of halogens is 1. The molecule has 132 valence electrons. The van der Waals surface area contributed by atoms with Crippen molar-refractivity contribution in [3.05, 3.63) is 59.1 Å². The second kappa shape index (κ2) is 7.93. The molecule has 1 N–H and O–H groups in total. The molecule has 0 unspecified atom stereocenters. The predicted octanol–water partition coefficient (Wildman–Crippen LogP) is 6.42. The minimum Gasteiger partial charge on any atom is -0.313 e. The second-order valence-corrected chi connectivity index (χ2v) is 8.21. The molecule has 2 aliphatic carbocycles. The maximum absolute atomic E-state index is 6.61. The van der Waals surface area contributed by atoms with Gasteiger partial charge in [0.25, 0.3) is 0 Å². The SMILES string of the molecule is Clc1cc(-c2ccccc2)ccc1[C@@H]1C[C@H]1NCCC1CCCCC1. The monoisotopic (exact) mass is 353 g/mol. The minimum atomic E-state index is 0.601. The first-order valence-corrected chi connectivity index (χ1v) is 10.3. The van der Waals surface area contributed by atoms with Crippen molar-refractivity contribution in [2.45, 2.75) is 56.9 Å². The van der Waals surface area contributed by atoms with E-state index < -0.39 is 0 Å². The van der Waals surface area contributed by atoms with Gasteiger partial charge in [0.2, 0.25) is 0 Å². The number of nitrogens with one attached hydrogen (secondary N) is 1. The summed E-state index contributed by atoms with van der Waals surface area (Å²) < 4.78 is 0. The van der Waals surface area contributed by atoms with Crippen LogP contribution in [0.3, 0.4) is 0 Å². The molecule has 25 heavy (non-hydrogen) atoms. The van der Waals surface area contributed by atoms with Gasteiger partial charge in [0.1, 0.15) is 0 Å². The fourth-order valence-electron chi connectivity index (χ4n) is 4.35. The molecule has 1 nitrogen and oxygen atoms in total. The van der Waals surface area contributed by atoms with Crippen LogP contribution >= 0.6 is 11.6 Å². The molecule has 0 aliphatic heterocycles. The summed E-state index contributed by atoms with van der Waals surface area (Å²) in [6.45, 7) is 1.17. The molecule has 2 atom stereocenters. The van der Waals surface area contributed by atoms with Crippen molar-refractivity contribution in [2.75, 3.05) is 6.54 Å². The third-order valence-corrected chi connectivity index (χ3v) is 6.31. The molecule has 0 heterocycles. The zero-order valence-corrected chi connectivity index (χ0v) is 15.6. The second-order valence-electron chi connectivity index (χ2n) is 7.80. The summed E-state index contributed by atoms with van der Waals surface area (Å²) in [6, 6.07) is 17.7. The molecule has 2 fully saturated rings. The van der Waals surface area contributed by atoms with Crippen LogP contribution in [0.25, 0.3) is 11.1 Å². The normalized spacial score (nSPS) is 23.6. The molecule has 2 aliphatic rings. The zero-order chi connectivity index (χ0) is 17.1. The van der Waals surface area contributed by atoms with Gasteiger partial charge in [0.15, 0.2) is 0 Å². The Labute approximate surface area is 156 Å². The van der Waals surface area contributed by atoms with E-state index in [1.54, 1.807) is 0 Å². The number of benzene rings is 2. The first-order chi connectivity index (χ1) is 12.3. The van der Waals surface area contributed by atoms with Gasteiger partial charge < -0.3 is 5.32 Å². The zero-order valence-electron chi connectivity index (χ0n) is 14.9. The smallest absolute Gasteiger partial charge is 0.0447 e. The van der Waals surface area contributed by atoms with Gasteiger partial charge in [-0.25, -0.2) is 0 Å².